The van der Waals surface area contributed by atoms with E-state index in [2.05, 4.69) is 45.2 Å². The number of hydrogen-bond acceptors (Lipinski definition) is 10. The number of nitrogens with zero attached hydrogens (tertiary/aromatic N) is 3. The number of hydrogen-bond donors (Lipinski definition) is 3. The Morgan fingerprint density at radius 3 is 2.17 bits per heavy atom. The van der Waals surface area contributed by atoms with Crippen molar-refractivity contribution in [3.63, 3.8) is 0 Å². The Morgan fingerprint density at radius 2 is 1.48 bits per heavy atom. The molecule has 11 nitrogen and oxygen atoms in total. The van der Waals surface area contributed by atoms with Crippen molar-refractivity contribution in [3.05, 3.63) is 133 Å². The van der Waals surface area contributed by atoms with Gasteiger partial charge < -0.3 is 24.6 Å². The molecule has 12 heteroatoms. The molecule has 3 aromatic heterocycles. The highest BCUT2D eigenvalue weighted by molar-refractivity contribution is 7.90. The quantitative estimate of drug-likeness (QED) is 0.133. The van der Waals surface area contributed by atoms with E-state index in [0.29, 0.717) is 33.4 Å². The molecule has 0 radical (unpaired) electrons. The fraction of sp³-hybridized carbons (Fsp3) is 0.100. The van der Waals surface area contributed by atoms with Crippen molar-refractivity contribution in [1.82, 2.24) is 25.9 Å². The Kier molecular flexibility index (Phi) is 8.45. The number of aromatic nitrogens is 3. The highest BCUT2D eigenvalue weighted by Crippen LogP contribution is 2.43. The van der Waals surface area contributed by atoms with Crippen LogP contribution in [0.25, 0.3) is 49.9 Å². The molecule has 0 bridgehead atoms. The molecule has 0 fully saturated rings. The molecule has 0 atom stereocenters. The number of hydrazine groups is 2. The summed E-state index contributed by atoms with van der Waals surface area (Å²) in [7, 11) is 1.21. The second-order valence-corrected chi connectivity index (χ2v) is 14.2. The molecule has 3 N–H and O–H groups in total. The second-order valence-electron chi connectivity index (χ2n) is 12.2. The number of methoxy groups -OCH3 is 3. The summed E-state index contributed by atoms with van der Waals surface area (Å²) in [6, 6.07) is 30.2. The Morgan fingerprint density at radius 1 is 0.769 bits per heavy atom. The molecule has 1 aliphatic rings. The van der Waals surface area contributed by atoms with Gasteiger partial charge in [0, 0.05) is 69.9 Å². The lowest BCUT2D eigenvalue weighted by molar-refractivity contribution is 0.324. The first-order valence-corrected chi connectivity index (χ1v) is 18.1. The van der Waals surface area contributed by atoms with Gasteiger partial charge in [-0.15, -0.1) is 5.53 Å². The van der Waals surface area contributed by atoms with Crippen LogP contribution < -0.4 is 30.2 Å². The Labute approximate surface area is 300 Å². The van der Waals surface area contributed by atoms with Gasteiger partial charge in [0.2, 0.25) is 5.75 Å². The molecule has 7 aromatic rings. The summed E-state index contributed by atoms with van der Waals surface area (Å²) < 4.78 is 43.2. The Bertz CT molecular complexity index is 2550. The lowest BCUT2D eigenvalue weighted by Crippen LogP contribution is -2.36. The Balaban J connectivity index is 1.17. The third kappa shape index (κ3) is 5.93. The summed E-state index contributed by atoms with van der Waals surface area (Å²) in [5.74, 6) is 1.49. The monoisotopic (exact) mass is 710 g/mol. The minimum atomic E-state index is -3.54. The molecule has 0 spiro atoms. The standard InChI is InChI=1S/C40H34N6O5S/c1-49-35-20-29(21-36(50-2)39(35)51-3)46-23-34(44-45-46)27-12-10-26(11-13-27)32-22-42-40-38(37(32)28-15-17-41-18-16-28)31-19-25(9-14-33(31)43-40)24-52(47,48)30-7-5-4-6-8-30/h4-23,44-45H,24H2,1-3H3,(H,42,43). The zero-order chi connectivity index (χ0) is 35.8. The first-order valence-electron chi connectivity index (χ1n) is 16.4. The molecule has 0 aliphatic carbocycles. The van der Waals surface area contributed by atoms with Crippen LogP contribution in [0.3, 0.4) is 0 Å². The number of aromatic amines is 1. The summed E-state index contributed by atoms with van der Waals surface area (Å²) in [6.07, 6.45) is 7.37. The van der Waals surface area contributed by atoms with E-state index in [9.17, 15) is 8.42 Å². The van der Waals surface area contributed by atoms with Gasteiger partial charge in [-0.25, -0.2) is 13.4 Å². The van der Waals surface area contributed by atoms with Crippen LogP contribution in [0, 0.1) is 0 Å². The van der Waals surface area contributed by atoms with E-state index in [1.165, 1.54) is 0 Å². The number of anilines is 1. The highest BCUT2D eigenvalue weighted by atomic mass is 32.2. The molecule has 0 amide bonds. The average Bonchev–Trinajstić information content (AvgIpc) is 3.83. The number of benzene rings is 4. The van der Waals surface area contributed by atoms with E-state index in [1.54, 1.807) is 58.0 Å². The van der Waals surface area contributed by atoms with Crippen LogP contribution in [0.1, 0.15) is 11.1 Å². The van der Waals surface area contributed by atoms with Gasteiger partial charge in [-0.2, -0.15) is 0 Å². The van der Waals surface area contributed by atoms with Crippen molar-refractivity contribution in [3.8, 4) is 39.5 Å². The van der Waals surface area contributed by atoms with Gasteiger partial charge in [0.15, 0.2) is 21.3 Å². The van der Waals surface area contributed by atoms with Gasteiger partial charge in [0.05, 0.1) is 43.4 Å². The van der Waals surface area contributed by atoms with Crippen molar-refractivity contribution in [2.24, 2.45) is 0 Å². The van der Waals surface area contributed by atoms with Crippen LogP contribution in [-0.2, 0) is 15.6 Å². The third-order valence-electron chi connectivity index (χ3n) is 9.12. The maximum absolute atomic E-state index is 13.3. The summed E-state index contributed by atoms with van der Waals surface area (Å²) in [6.45, 7) is 0. The molecule has 0 saturated carbocycles. The number of rotatable bonds is 10. The summed E-state index contributed by atoms with van der Waals surface area (Å²) in [4.78, 5) is 12.9. The van der Waals surface area contributed by atoms with Crippen molar-refractivity contribution in [1.29, 1.82) is 0 Å². The first-order chi connectivity index (χ1) is 25.4. The third-order valence-corrected chi connectivity index (χ3v) is 10.8. The predicted octanol–water partition coefficient (Wildman–Crippen LogP) is 7.27. The van der Waals surface area contributed by atoms with E-state index in [4.69, 9.17) is 19.2 Å². The number of fused-ring (bicyclic) bond motifs is 3. The van der Waals surface area contributed by atoms with E-state index in [1.807, 2.05) is 65.9 Å². The lowest BCUT2D eigenvalue weighted by Gasteiger charge is -2.19. The van der Waals surface area contributed by atoms with Crippen LogP contribution in [0.2, 0.25) is 0 Å². The van der Waals surface area contributed by atoms with E-state index >= 15 is 0 Å². The lowest BCUT2D eigenvalue weighted by atomic mass is 9.92. The van der Waals surface area contributed by atoms with Gasteiger partial charge in [0.25, 0.3) is 0 Å². The molecule has 0 saturated heterocycles. The van der Waals surface area contributed by atoms with Crippen LogP contribution in [0.4, 0.5) is 5.69 Å². The topological polar surface area (TPSA) is 131 Å². The minimum absolute atomic E-state index is 0.117. The molecule has 0 unspecified atom stereocenters. The van der Waals surface area contributed by atoms with Crippen LogP contribution in [0.15, 0.2) is 127 Å². The molecule has 4 aromatic carbocycles. The highest BCUT2D eigenvalue weighted by Gasteiger charge is 2.22. The molecule has 4 heterocycles. The van der Waals surface area contributed by atoms with Crippen molar-refractivity contribution >= 4 is 43.2 Å². The molecular weight excluding hydrogens is 677 g/mol. The van der Waals surface area contributed by atoms with Gasteiger partial charge in [-0.05, 0) is 53.1 Å². The molecule has 52 heavy (non-hydrogen) atoms. The number of sulfone groups is 1. The van der Waals surface area contributed by atoms with E-state index < -0.39 is 9.84 Å². The maximum atomic E-state index is 13.3. The molecular formula is C40H34N6O5S. The summed E-state index contributed by atoms with van der Waals surface area (Å²) in [5.41, 5.74) is 15.2. The molecule has 1 aliphatic heterocycles. The van der Waals surface area contributed by atoms with Crippen molar-refractivity contribution in [2.75, 3.05) is 26.3 Å². The molecule has 8 rings (SSSR count). The van der Waals surface area contributed by atoms with E-state index in [-0.39, 0.29) is 5.75 Å². The van der Waals surface area contributed by atoms with Gasteiger partial charge in [0.1, 0.15) is 5.65 Å². The fourth-order valence-electron chi connectivity index (χ4n) is 6.60. The van der Waals surface area contributed by atoms with Crippen LogP contribution in [-0.4, -0.2) is 44.7 Å². The minimum Gasteiger partial charge on any atom is -0.493 e. The normalized spacial score (nSPS) is 12.9. The van der Waals surface area contributed by atoms with Gasteiger partial charge in [-0.1, -0.05) is 48.5 Å². The summed E-state index contributed by atoms with van der Waals surface area (Å²) >= 11 is 0. The van der Waals surface area contributed by atoms with Gasteiger partial charge >= 0.3 is 0 Å². The second kappa shape index (κ2) is 13.4. The smallest absolute Gasteiger partial charge is 0.203 e. The van der Waals surface area contributed by atoms with Gasteiger partial charge in [-0.3, -0.25) is 9.99 Å². The number of nitrogens with one attached hydrogen (secondary N) is 3. The number of H-pyrrole nitrogens is 1. The average molecular weight is 711 g/mol. The SMILES string of the molecule is COc1cc(N2C=C(c3ccc(-c4cnc5[nH]c6ccc(CS(=O)(=O)c7ccccc7)cc6c5c4-c4ccncc4)cc3)NN2)cc(OC)c1OC. The van der Waals surface area contributed by atoms with Crippen LogP contribution in [0.5, 0.6) is 17.2 Å². The number of pyridine rings is 2. The van der Waals surface area contributed by atoms with Crippen molar-refractivity contribution in [2.45, 2.75) is 10.6 Å². The summed E-state index contributed by atoms with van der Waals surface area (Å²) in [5, 5.41) is 3.64. The number of ether oxygens (including phenoxy) is 3. The molecule has 260 valence electrons. The first kappa shape index (κ1) is 32.8. The maximum Gasteiger partial charge on any atom is 0.203 e. The van der Waals surface area contributed by atoms with Crippen molar-refractivity contribution < 1.29 is 22.6 Å². The largest absolute Gasteiger partial charge is 0.493 e. The fourth-order valence-corrected chi connectivity index (χ4v) is 7.95. The zero-order valence-electron chi connectivity index (χ0n) is 28.5. The zero-order valence-corrected chi connectivity index (χ0v) is 29.4. The Hall–Kier alpha value is -6.37. The van der Waals surface area contributed by atoms with E-state index in [0.717, 1.165) is 55.5 Å². The predicted molar refractivity (Wildman–Crippen MR) is 202 cm³/mol. The van der Waals surface area contributed by atoms with Crippen LogP contribution >= 0.6 is 0 Å².